The van der Waals surface area contributed by atoms with E-state index in [2.05, 4.69) is 25.6 Å². The van der Waals surface area contributed by atoms with Gasteiger partial charge < -0.3 is 0 Å². The van der Waals surface area contributed by atoms with Crippen LogP contribution in [0.5, 0.6) is 0 Å². The van der Waals surface area contributed by atoms with Crippen LogP contribution < -0.4 is 4.72 Å². The summed E-state index contributed by atoms with van der Waals surface area (Å²) in [4.78, 5) is 3.83. The van der Waals surface area contributed by atoms with Crippen molar-refractivity contribution >= 4 is 43.2 Å². The average molecular weight is 328 g/mol. The number of nitrogens with one attached hydrogen (secondary N) is 1. The quantitative estimate of drug-likeness (QED) is 0.846. The highest BCUT2D eigenvalue weighted by Crippen LogP contribution is 2.24. The molecule has 0 aromatic carbocycles. The number of anilines is 1. The van der Waals surface area contributed by atoms with E-state index in [0.29, 0.717) is 16.6 Å². The first-order valence-corrected chi connectivity index (χ1v) is 7.58. The van der Waals surface area contributed by atoms with Crippen molar-refractivity contribution in [2.75, 3.05) is 10.5 Å². The van der Waals surface area contributed by atoms with E-state index in [1.807, 2.05) is 6.92 Å². The number of hydrogen-bond donors (Lipinski definition) is 1. The molecule has 16 heavy (non-hydrogen) atoms. The fourth-order valence-electron chi connectivity index (χ4n) is 1.05. The third kappa shape index (κ3) is 4.27. The largest absolute Gasteiger partial charge is 0.280 e. The molecular weight excluding hydrogens is 316 g/mol. The van der Waals surface area contributed by atoms with Crippen molar-refractivity contribution < 1.29 is 8.42 Å². The van der Waals surface area contributed by atoms with Gasteiger partial charge in [-0.15, -0.1) is 0 Å². The molecule has 0 radical (unpaired) electrons. The summed E-state index contributed by atoms with van der Waals surface area (Å²) in [5, 5.41) is 0.142. The number of unbranched alkanes of at least 4 members (excludes halogenated alkanes) is 1. The van der Waals surface area contributed by atoms with Crippen molar-refractivity contribution in [2.45, 2.75) is 19.8 Å². The minimum atomic E-state index is -3.33. The number of aromatic nitrogens is 1. The lowest BCUT2D eigenvalue weighted by atomic mass is 10.4. The first-order valence-electron chi connectivity index (χ1n) is 4.76. The zero-order valence-corrected chi connectivity index (χ0v) is 11.9. The number of halogens is 2. The van der Waals surface area contributed by atoms with Gasteiger partial charge in [-0.1, -0.05) is 24.9 Å². The molecule has 0 spiro atoms. The van der Waals surface area contributed by atoms with Gasteiger partial charge in [-0.25, -0.2) is 13.4 Å². The van der Waals surface area contributed by atoms with Crippen LogP contribution >= 0.6 is 27.5 Å². The molecule has 0 saturated heterocycles. The molecule has 0 aliphatic carbocycles. The molecule has 0 unspecified atom stereocenters. The Kier molecular flexibility index (Phi) is 5.01. The first kappa shape index (κ1) is 13.7. The molecule has 1 aromatic heterocycles. The minimum Gasteiger partial charge on any atom is -0.280 e. The van der Waals surface area contributed by atoms with E-state index in [-0.39, 0.29) is 10.9 Å². The summed E-state index contributed by atoms with van der Waals surface area (Å²) in [5.41, 5.74) is 0.298. The maximum atomic E-state index is 11.6. The molecule has 90 valence electrons. The lowest BCUT2D eigenvalue weighted by Crippen LogP contribution is -2.17. The number of nitrogens with zero attached hydrogens (tertiary/aromatic N) is 1. The van der Waals surface area contributed by atoms with Crippen LogP contribution in [0.1, 0.15) is 19.8 Å². The molecule has 7 heteroatoms. The SMILES string of the molecule is CCCCS(=O)(=O)Nc1cc(Br)cnc1Cl. The lowest BCUT2D eigenvalue weighted by Gasteiger charge is -2.08. The minimum absolute atomic E-state index is 0.0896. The van der Waals surface area contributed by atoms with Gasteiger partial charge in [0.05, 0.1) is 11.4 Å². The van der Waals surface area contributed by atoms with Gasteiger partial charge in [0.15, 0.2) is 5.15 Å². The molecule has 4 nitrogen and oxygen atoms in total. The van der Waals surface area contributed by atoms with Crippen molar-refractivity contribution in [3.8, 4) is 0 Å². The van der Waals surface area contributed by atoms with E-state index in [0.717, 1.165) is 6.42 Å². The van der Waals surface area contributed by atoms with Gasteiger partial charge in [0.25, 0.3) is 0 Å². The lowest BCUT2D eigenvalue weighted by molar-refractivity contribution is 0.598. The molecule has 0 bridgehead atoms. The molecule has 0 fully saturated rings. The number of sulfonamides is 1. The summed E-state index contributed by atoms with van der Waals surface area (Å²) in [6, 6.07) is 1.58. The van der Waals surface area contributed by atoms with Gasteiger partial charge in [-0.05, 0) is 28.4 Å². The van der Waals surface area contributed by atoms with Crippen LogP contribution in [0, 0.1) is 0 Å². The molecular formula is C9H12BrClN2O2S. The van der Waals surface area contributed by atoms with E-state index < -0.39 is 10.0 Å². The van der Waals surface area contributed by atoms with Crippen LogP contribution in [0.15, 0.2) is 16.7 Å². The van der Waals surface area contributed by atoms with Crippen molar-refractivity contribution in [1.82, 2.24) is 4.98 Å². The number of hydrogen-bond acceptors (Lipinski definition) is 3. The molecule has 1 heterocycles. The van der Waals surface area contributed by atoms with E-state index in [1.54, 1.807) is 6.07 Å². The van der Waals surface area contributed by atoms with Crippen molar-refractivity contribution in [2.24, 2.45) is 0 Å². The van der Waals surface area contributed by atoms with E-state index in [4.69, 9.17) is 11.6 Å². The monoisotopic (exact) mass is 326 g/mol. The van der Waals surface area contributed by atoms with Crippen LogP contribution in [0.2, 0.25) is 5.15 Å². The van der Waals surface area contributed by atoms with Gasteiger partial charge in [0, 0.05) is 10.7 Å². The highest BCUT2D eigenvalue weighted by Gasteiger charge is 2.12. The first-order chi connectivity index (χ1) is 7.44. The zero-order valence-electron chi connectivity index (χ0n) is 8.70. The summed E-state index contributed by atoms with van der Waals surface area (Å²) < 4.78 is 26.3. The van der Waals surface area contributed by atoms with Gasteiger partial charge >= 0.3 is 0 Å². The van der Waals surface area contributed by atoms with E-state index >= 15 is 0 Å². The van der Waals surface area contributed by atoms with Gasteiger partial charge in [-0.2, -0.15) is 0 Å². The Morgan fingerprint density at radius 2 is 2.25 bits per heavy atom. The Hall–Kier alpha value is -0.330. The molecule has 0 atom stereocenters. The fourth-order valence-corrected chi connectivity index (χ4v) is 2.85. The second kappa shape index (κ2) is 5.84. The maximum Gasteiger partial charge on any atom is 0.232 e. The molecule has 0 aliphatic rings. The molecule has 0 saturated carbocycles. The van der Waals surface area contributed by atoms with Crippen LogP contribution in [0.25, 0.3) is 0 Å². The Morgan fingerprint density at radius 3 is 2.88 bits per heavy atom. The highest BCUT2D eigenvalue weighted by atomic mass is 79.9. The Bertz CT molecular complexity index is 465. The summed E-state index contributed by atoms with van der Waals surface area (Å²) >= 11 is 8.98. The standard InChI is InChI=1S/C9H12BrClN2O2S/c1-2-3-4-16(14,15)13-8-5-7(10)6-12-9(8)11/h5-6,13H,2-4H2,1H3. The van der Waals surface area contributed by atoms with Crippen LogP contribution in [-0.4, -0.2) is 19.2 Å². The van der Waals surface area contributed by atoms with Crippen LogP contribution in [-0.2, 0) is 10.0 Å². The summed E-state index contributed by atoms with van der Waals surface area (Å²) in [5.74, 6) is 0.0896. The third-order valence-corrected chi connectivity index (χ3v) is 3.93. The van der Waals surface area contributed by atoms with Crippen molar-refractivity contribution in [3.63, 3.8) is 0 Å². The second-order valence-electron chi connectivity index (χ2n) is 3.27. The Balaban J connectivity index is 2.83. The Labute approximate surface area is 109 Å². The van der Waals surface area contributed by atoms with Gasteiger partial charge in [0.1, 0.15) is 0 Å². The Morgan fingerprint density at radius 1 is 1.56 bits per heavy atom. The summed E-state index contributed by atoms with van der Waals surface area (Å²) in [6.45, 7) is 1.93. The summed E-state index contributed by atoms with van der Waals surface area (Å²) in [6.07, 6.45) is 2.95. The van der Waals surface area contributed by atoms with Crippen molar-refractivity contribution in [1.29, 1.82) is 0 Å². The highest BCUT2D eigenvalue weighted by molar-refractivity contribution is 9.10. The summed E-state index contributed by atoms with van der Waals surface area (Å²) in [7, 11) is -3.33. The predicted octanol–water partition coefficient (Wildman–Crippen LogP) is 3.04. The smallest absolute Gasteiger partial charge is 0.232 e. The average Bonchev–Trinajstić information content (AvgIpc) is 2.20. The zero-order chi connectivity index (χ0) is 12.2. The molecule has 1 N–H and O–H groups in total. The van der Waals surface area contributed by atoms with Crippen LogP contribution in [0.4, 0.5) is 5.69 Å². The maximum absolute atomic E-state index is 11.6. The fraction of sp³-hybridized carbons (Fsp3) is 0.444. The molecule has 1 rings (SSSR count). The third-order valence-electron chi connectivity index (χ3n) is 1.84. The van der Waals surface area contributed by atoms with E-state index in [9.17, 15) is 8.42 Å². The number of pyridine rings is 1. The number of rotatable bonds is 5. The van der Waals surface area contributed by atoms with E-state index in [1.165, 1.54) is 6.20 Å². The molecule has 1 aromatic rings. The normalized spacial score (nSPS) is 11.4. The topological polar surface area (TPSA) is 59.1 Å². The van der Waals surface area contributed by atoms with Crippen LogP contribution in [0.3, 0.4) is 0 Å². The molecule has 0 aliphatic heterocycles. The molecule has 0 amide bonds. The second-order valence-corrected chi connectivity index (χ2v) is 6.38. The van der Waals surface area contributed by atoms with Gasteiger partial charge in [0.2, 0.25) is 10.0 Å². The van der Waals surface area contributed by atoms with Gasteiger partial charge in [-0.3, -0.25) is 4.72 Å². The van der Waals surface area contributed by atoms with Crippen molar-refractivity contribution in [3.05, 3.63) is 21.9 Å². The predicted molar refractivity (Wildman–Crippen MR) is 69.3 cm³/mol.